The van der Waals surface area contributed by atoms with Crippen LogP contribution in [0.2, 0.25) is 0 Å². The van der Waals surface area contributed by atoms with Gasteiger partial charge in [-0.1, -0.05) is 0 Å². The Morgan fingerprint density at radius 3 is 2.25 bits per heavy atom. The lowest BCUT2D eigenvalue weighted by molar-refractivity contribution is -0.123. The van der Waals surface area contributed by atoms with Crippen molar-refractivity contribution in [2.45, 2.75) is 26.4 Å². The molecule has 0 aliphatic carbocycles. The Labute approximate surface area is 118 Å². The average molecular weight is 279 g/mol. The molecule has 1 aromatic rings. The molecule has 0 bridgehead atoms. The van der Waals surface area contributed by atoms with E-state index < -0.39 is 0 Å². The van der Waals surface area contributed by atoms with Gasteiger partial charge in [-0.15, -0.1) is 0 Å². The first-order valence-corrected chi connectivity index (χ1v) is 6.36. The SMILES string of the molecule is CC(C)(C)Oc1ccc(NC(=O)CNC(=O)CN)cc1. The summed E-state index contributed by atoms with van der Waals surface area (Å²) >= 11 is 0. The zero-order valence-corrected chi connectivity index (χ0v) is 12.0. The second-order valence-corrected chi connectivity index (χ2v) is 5.27. The summed E-state index contributed by atoms with van der Waals surface area (Å²) in [6.45, 7) is 5.65. The molecule has 0 spiro atoms. The first-order chi connectivity index (χ1) is 9.30. The third-order valence-corrected chi connectivity index (χ3v) is 2.19. The fraction of sp³-hybridized carbons (Fsp3) is 0.429. The molecule has 0 aliphatic heterocycles. The topological polar surface area (TPSA) is 93.5 Å². The van der Waals surface area contributed by atoms with Gasteiger partial charge in [0.2, 0.25) is 11.8 Å². The molecule has 6 nitrogen and oxygen atoms in total. The number of hydrogen-bond acceptors (Lipinski definition) is 4. The number of hydrogen-bond donors (Lipinski definition) is 3. The second-order valence-electron chi connectivity index (χ2n) is 5.27. The van der Waals surface area contributed by atoms with Gasteiger partial charge in [-0.05, 0) is 45.0 Å². The predicted octanol–water partition coefficient (Wildman–Crippen LogP) is 0.877. The minimum atomic E-state index is -0.367. The Morgan fingerprint density at radius 2 is 1.75 bits per heavy atom. The summed E-state index contributed by atoms with van der Waals surface area (Å²) in [6.07, 6.45) is 0. The van der Waals surface area contributed by atoms with E-state index in [0.29, 0.717) is 5.69 Å². The van der Waals surface area contributed by atoms with Crippen LogP contribution in [0.15, 0.2) is 24.3 Å². The van der Waals surface area contributed by atoms with Crippen molar-refractivity contribution in [3.63, 3.8) is 0 Å². The smallest absolute Gasteiger partial charge is 0.243 e. The number of carbonyl (C=O) groups excluding carboxylic acids is 2. The van der Waals surface area contributed by atoms with Crippen LogP contribution < -0.4 is 21.1 Å². The number of carbonyl (C=O) groups is 2. The highest BCUT2D eigenvalue weighted by molar-refractivity contribution is 5.94. The van der Waals surface area contributed by atoms with Crippen molar-refractivity contribution >= 4 is 17.5 Å². The monoisotopic (exact) mass is 279 g/mol. The number of anilines is 1. The van der Waals surface area contributed by atoms with Crippen LogP contribution in [0.25, 0.3) is 0 Å². The lowest BCUT2D eigenvalue weighted by Gasteiger charge is -2.21. The van der Waals surface area contributed by atoms with Crippen LogP contribution >= 0.6 is 0 Å². The molecular formula is C14H21N3O3. The first kappa shape index (κ1) is 16.0. The highest BCUT2D eigenvalue weighted by Gasteiger charge is 2.11. The van der Waals surface area contributed by atoms with Crippen molar-refractivity contribution in [1.82, 2.24) is 5.32 Å². The Balaban J connectivity index is 2.49. The summed E-state index contributed by atoms with van der Waals surface area (Å²) < 4.78 is 5.67. The molecule has 2 amide bonds. The van der Waals surface area contributed by atoms with Crippen LogP contribution in [-0.2, 0) is 9.59 Å². The maximum absolute atomic E-state index is 11.5. The predicted molar refractivity (Wildman–Crippen MR) is 77.5 cm³/mol. The normalized spacial score (nSPS) is 10.8. The molecule has 0 unspecified atom stereocenters. The van der Waals surface area contributed by atoms with Crippen molar-refractivity contribution in [3.8, 4) is 5.75 Å². The minimum Gasteiger partial charge on any atom is -0.488 e. The van der Waals surface area contributed by atoms with E-state index in [2.05, 4.69) is 10.6 Å². The zero-order chi connectivity index (χ0) is 15.2. The van der Waals surface area contributed by atoms with Gasteiger partial charge < -0.3 is 21.1 Å². The Bertz CT molecular complexity index is 464. The number of amides is 2. The average Bonchev–Trinajstić information content (AvgIpc) is 2.36. The number of nitrogens with one attached hydrogen (secondary N) is 2. The minimum absolute atomic E-state index is 0.101. The maximum Gasteiger partial charge on any atom is 0.243 e. The molecule has 1 rings (SSSR count). The fourth-order valence-electron chi connectivity index (χ4n) is 1.42. The van der Waals surface area contributed by atoms with Gasteiger partial charge in [0.05, 0.1) is 13.1 Å². The summed E-state index contributed by atoms with van der Waals surface area (Å²) in [5, 5.41) is 5.06. The third kappa shape index (κ3) is 6.19. The summed E-state index contributed by atoms with van der Waals surface area (Å²) in [4.78, 5) is 22.5. The number of rotatable bonds is 5. The highest BCUT2D eigenvalue weighted by Crippen LogP contribution is 2.20. The molecule has 4 N–H and O–H groups in total. The van der Waals surface area contributed by atoms with Gasteiger partial charge in [-0.25, -0.2) is 0 Å². The van der Waals surface area contributed by atoms with Crippen molar-refractivity contribution in [2.24, 2.45) is 5.73 Å². The standard InChI is InChI=1S/C14H21N3O3/c1-14(2,3)20-11-6-4-10(5-7-11)17-13(19)9-16-12(18)8-15/h4-7H,8-9,15H2,1-3H3,(H,16,18)(H,17,19). The summed E-state index contributed by atoms with van der Waals surface area (Å²) in [6, 6.07) is 7.03. The van der Waals surface area contributed by atoms with E-state index in [1.165, 1.54) is 0 Å². The van der Waals surface area contributed by atoms with Crippen LogP contribution in [0.1, 0.15) is 20.8 Å². The van der Waals surface area contributed by atoms with Crippen LogP contribution in [0, 0.1) is 0 Å². The van der Waals surface area contributed by atoms with Crippen molar-refractivity contribution < 1.29 is 14.3 Å². The molecule has 110 valence electrons. The molecule has 20 heavy (non-hydrogen) atoms. The first-order valence-electron chi connectivity index (χ1n) is 6.36. The molecule has 0 aromatic heterocycles. The zero-order valence-electron chi connectivity index (χ0n) is 12.0. The Kier molecular flexibility index (Phi) is 5.52. The van der Waals surface area contributed by atoms with E-state index >= 15 is 0 Å². The molecule has 0 aliphatic rings. The highest BCUT2D eigenvalue weighted by atomic mass is 16.5. The summed E-state index contributed by atoms with van der Waals surface area (Å²) in [5.74, 6) is 0.0531. The van der Waals surface area contributed by atoms with Crippen molar-refractivity contribution in [1.29, 1.82) is 0 Å². The quantitative estimate of drug-likeness (QED) is 0.745. The number of ether oxygens (including phenoxy) is 1. The third-order valence-electron chi connectivity index (χ3n) is 2.19. The Hall–Kier alpha value is -2.08. The molecule has 6 heteroatoms. The number of nitrogens with two attached hydrogens (primary N) is 1. The van der Waals surface area contributed by atoms with Gasteiger partial charge in [-0.3, -0.25) is 9.59 Å². The molecule has 0 fully saturated rings. The maximum atomic E-state index is 11.5. The van der Waals surface area contributed by atoms with Crippen LogP contribution in [0.4, 0.5) is 5.69 Å². The fourth-order valence-corrected chi connectivity index (χ4v) is 1.42. The van der Waals surface area contributed by atoms with E-state index in [0.717, 1.165) is 5.75 Å². The van der Waals surface area contributed by atoms with Gasteiger partial charge >= 0.3 is 0 Å². The molecule has 0 heterocycles. The lowest BCUT2D eigenvalue weighted by Crippen LogP contribution is -2.36. The van der Waals surface area contributed by atoms with E-state index in [1.807, 2.05) is 20.8 Å². The summed E-state index contributed by atoms with van der Waals surface area (Å²) in [7, 11) is 0. The van der Waals surface area contributed by atoms with Gasteiger partial charge in [0.1, 0.15) is 11.4 Å². The van der Waals surface area contributed by atoms with Crippen molar-refractivity contribution in [2.75, 3.05) is 18.4 Å². The van der Waals surface area contributed by atoms with Gasteiger partial charge in [0.25, 0.3) is 0 Å². The molecule has 0 radical (unpaired) electrons. The van der Waals surface area contributed by atoms with Gasteiger partial charge in [0.15, 0.2) is 0 Å². The van der Waals surface area contributed by atoms with Crippen LogP contribution in [0.3, 0.4) is 0 Å². The Morgan fingerprint density at radius 1 is 1.15 bits per heavy atom. The van der Waals surface area contributed by atoms with E-state index in [4.69, 9.17) is 10.5 Å². The van der Waals surface area contributed by atoms with E-state index in [9.17, 15) is 9.59 Å². The van der Waals surface area contributed by atoms with Gasteiger partial charge in [0, 0.05) is 5.69 Å². The van der Waals surface area contributed by atoms with E-state index in [-0.39, 0.29) is 30.5 Å². The van der Waals surface area contributed by atoms with E-state index in [1.54, 1.807) is 24.3 Å². The lowest BCUT2D eigenvalue weighted by atomic mass is 10.2. The summed E-state index contributed by atoms with van der Waals surface area (Å²) in [5.41, 5.74) is 5.49. The van der Waals surface area contributed by atoms with Gasteiger partial charge in [-0.2, -0.15) is 0 Å². The van der Waals surface area contributed by atoms with Crippen molar-refractivity contribution in [3.05, 3.63) is 24.3 Å². The second kappa shape index (κ2) is 6.91. The van der Waals surface area contributed by atoms with Crippen LogP contribution in [0.5, 0.6) is 5.75 Å². The molecular weight excluding hydrogens is 258 g/mol. The largest absolute Gasteiger partial charge is 0.488 e. The molecule has 0 atom stereocenters. The molecule has 1 aromatic carbocycles. The van der Waals surface area contributed by atoms with Crippen LogP contribution in [-0.4, -0.2) is 30.5 Å². The molecule has 0 saturated carbocycles. The molecule has 0 saturated heterocycles. The number of benzene rings is 1.